The van der Waals surface area contributed by atoms with Gasteiger partial charge >= 0.3 is 6.18 Å². The van der Waals surface area contributed by atoms with E-state index in [4.69, 9.17) is 5.26 Å². The van der Waals surface area contributed by atoms with Crippen LogP contribution in [0.1, 0.15) is 21.7 Å². The zero-order chi connectivity index (χ0) is 15.6. The van der Waals surface area contributed by atoms with Gasteiger partial charge < -0.3 is 4.90 Å². The summed E-state index contributed by atoms with van der Waals surface area (Å²) in [5.41, 5.74) is 1.92. The van der Waals surface area contributed by atoms with Gasteiger partial charge in [-0.15, -0.1) is 11.3 Å². The molecule has 0 spiro atoms. The fraction of sp³-hybridized carbons (Fsp3) is 0.286. The summed E-state index contributed by atoms with van der Waals surface area (Å²) < 4.78 is 38.3. The second-order valence-corrected chi connectivity index (χ2v) is 5.50. The lowest BCUT2D eigenvalue weighted by molar-refractivity contribution is -0.137. The Hall–Kier alpha value is -2.07. The van der Waals surface area contributed by atoms with Crippen LogP contribution < -0.4 is 4.90 Å². The summed E-state index contributed by atoms with van der Waals surface area (Å²) in [4.78, 5) is 6.97. The number of aromatic nitrogens is 1. The van der Waals surface area contributed by atoms with E-state index < -0.39 is 11.7 Å². The number of benzene rings is 1. The van der Waals surface area contributed by atoms with Gasteiger partial charge in [0.15, 0.2) is 0 Å². The van der Waals surface area contributed by atoms with Gasteiger partial charge in [-0.2, -0.15) is 18.4 Å². The fourth-order valence-electron chi connectivity index (χ4n) is 1.89. The molecular formula is C14H12F3N3S. The normalized spacial score (nSPS) is 11.2. The van der Waals surface area contributed by atoms with Gasteiger partial charge in [0, 0.05) is 17.6 Å². The van der Waals surface area contributed by atoms with Crippen molar-refractivity contribution in [2.75, 3.05) is 11.9 Å². The van der Waals surface area contributed by atoms with Crippen molar-refractivity contribution >= 4 is 17.0 Å². The van der Waals surface area contributed by atoms with E-state index in [2.05, 4.69) is 4.98 Å². The molecule has 2 rings (SSSR count). The predicted molar refractivity (Wildman–Crippen MR) is 75.1 cm³/mol. The highest BCUT2D eigenvalue weighted by molar-refractivity contribution is 7.09. The van der Waals surface area contributed by atoms with Gasteiger partial charge in [-0.05, 0) is 25.1 Å². The lowest BCUT2D eigenvalue weighted by atomic mass is 10.1. The molecule has 0 saturated carbocycles. The third-order valence-electron chi connectivity index (χ3n) is 3.10. The molecule has 1 heterocycles. The molecule has 0 radical (unpaired) electrons. The number of hydrogen-bond donors (Lipinski definition) is 0. The van der Waals surface area contributed by atoms with Crippen LogP contribution in [0.2, 0.25) is 0 Å². The molecule has 0 unspecified atom stereocenters. The minimum absolute atomic E-state index is 0.368. The highest BCUT2D eigenvalue weighted by atomic mass is 32.1. The molecule has 110 valence electrons. The van der Waals surface area contributed by atoms with Crippen LogP contribution in [0, 0.1) is 18.3 Å². The van der Waals surface area contributed by atoms with E-state index >= 15 is 0 Å². The minimum Gasteiger partial charge on any atom is -0.369 e. The molecule has 0 atom stereocenters. The predicted octanol–water partition coefficient (Wildman–Crippen LogP) is 3.98. The first kappa shape index (κ1) is 15.3. The number of aryl methyl sites for hydroxylation is 1. The summed E-state index contributed by atoms with van der Waals surface area (Å²) in [5.74, 6) is 0. The lowest BCUT2D eigenvalue weighted by Gasteiger charge is -2.20. The Bertz CT molecular complexity index is 686. The number of alkyl halides is 3. The Balaban J connectivity index is 2.29. The van der Waals surface area contributed by atoms with E-state index in [-0.39, 0.29) is 5.56 Å². The Kier molecular flexibility index (Phi) is 4.19. The van der Waals surface area contributed by atoms with Crippen LogP contribution in [0.5, 0.6) is 0 Å². The van der Waals surface area contributed by atoms with E-state index in [9.17, 15) is 13.2 Å². The van der Waals surface area contributed by atoms with Gasteiger partial charge in [-0.1, -0.05) is 0 Å². The number of halogens is 3. The number of nitrogens with zero attached hydrogens (tertiary/aromatic N) is 3. The smallest absolute Gasteiger partial charge is 0.369 e. The lowest BCUT2D eigenvalue weighted by Crippen LogP contribution is -2.17. The van der Waals surface area contributed by atoms with Crippen molar-refractivity contribution in [3.05, 3.63) is 45.4 Å². The van der Waals surface area contributed by atoms with Gasteiger partial charge in [0.2, 0.25) is 0 Å². The van der Waals surface area contributed by atoms with Crippen LogP contribution in [-0.2, 0) is 12.7 Å². The molecule has 0 saturated heterocycles. The molecule has 1 aromatic heterocycles. The summed E-state index contributed by atoms with van der Waals surface area (Å²) >= 11 is 1.49. The van der Waals surface area contributed by atoms with Crippen molar-refractivity contribution in [3.8, 4) is 6.07 Å². The van der Waals surface area contributed by atoms with Crippen molar-refractivity contribution in [1.29, 1.82) is 5.26 Å². The van der Waals surface area contributed by atoms with Crippen LogP contribution in [0.15, 0.2) is 23.7 Å². The molecule has 3 nitrogen and oxygen atoms in total. The van der Waals surface area contributed by atoms with Crippen molar-refractivity contribution < 1.29 is 13.2 Å². The molecule has 0 bridgehead atoms. The van der Waals surface area contributed by atoms with Crippen molar-refractivity contribution in [3.63, 3.8) is 0 Å². The van der Waals surface area contributed by atoms with Crippen molar-refractivity contribution in [2.24, 2.45) is 0 Å². The summed E-state index contributed by atoms with van der Waals surface area (Å²) in [6.45, 7) is 2.42. The monoisotopic (exact) mass is 311 g/mol. The first-order valence-electron chi connectivity index (χ1n) is 6.04. The number of nitriles is 1. The molecule has 7 heteroatoms. The first-order valence-corrected chi connectivity index (χ1v) is 6.92. The largest absolute Gasteiger partial charge is 0.417 e. The average Bonchev–Trinajstić information content (AvgIpc) is 2.82. The Morgan fingerprint density at radius 2 is 2.10 bits per heavy atom. The van der Waals surface area contributed by atoms with Crippen molar-refractivity contribution in [2.45, 2.75) is 19.6 Å². The molecule has 0 aliphatic rings. The Morgan fingerprint density at radius 3 is 2.62 bits per heavy atom. The van der Waals surface area contributed by atoms with E-state index in [1.165, 1.54) is 23.5 Å². The van der Waals surface area contributed by atoms with Crippen molar-refractivity contribution in [1.82, 2.24) is 4.98 Å². The SMILES string of the molecule is Cc1ncsc1CN(C)c1ccc(C(F)(F)F)c(C#N)c1. The van der Waals surface area contributed by atoms with Gasteiger partial charge in [-0.25, -0.2) is 4.98 Å². The summed E-state index contributed by atoms with van der Waals surface area (Å²) in [5, 5.41) is 8.91. The molecule has 0 fully saturated rings. The topological polar surface area (TPSA) is 39.9 Å². The van der Waals surface area contributed by atoms with Gasteiger partial charge in [0.1, 0.15) is 0 Å². The van der Waals surface area contributed by atoms with Gasteiger partial charge in [0.25, 0.3) is 0 Å². The molecule has 0 amide bonds. The quantitative estimate of drug-likeness (QED) is 0.861. The van der Waals surface area contributed by atoms with Gasteiger partial charge in [0.05, 0.1) is 34.9 Å². The number of thiazole rings is 1. The van der Waals surface area contributed by atoms with E-state index in [0.29, 0.717) is 12.2 Å². The maximum atomic E-state index is 12.8. The maximum Gasteiger partial charge on any atom is 0.417 e. The Morgan fingerprint density at radius 1 is 1.38 bits per heavy atom. The van der Waals surface area contributed by atoms with Crippen LogP contribution in [-0.4, -0.2) is 12.0 Å². The Labute approximate surface area is 124 Å². The third kappa shape index (κ3) is 3.34. The zero-order valence-electron chi connectivity index (χ0n) is 11.4. The molecule has 0 aliphatic heterocycles. The third-order valence-corrected chi connectivity index (χ3v) is 4.02. The average molecular weight is 311 g/mol. The molecule has 0 N–H and O–H groups in total. The number of hydrogen-bond acceptors (Lipinski definition) is 4. The first-order chi connectivity index (χ1) is 9.82. The zero-order valence-corrected chi connectivity index (χ0v) is 12.2. The summed E-state index contributed by atoms with van der Waals surface area (Å²) in [7, 11) is 1.77. The summed E-state index contributed by atoms with van der Waals surface area (Å²) in [6, 6.07) is 5.20. The van der Waals surface area contributed by atoms with E-state index in [1.807, 2.05) is 6.92 Å². The van der Waals surface area contributed by atoms with Crippen LogP contribution in [0.25, 0.3) is 0 Å². The highest BCUT2D eigenvalue weighted by Crippen LogP contribution is 2.33. The molecule has 21 heavy (non-hydrogen) atoms. The standard InChI is InChI=1S/C14H12F3N3S/c1-9-13(21-8-19-9)7-20(2)11-3-4-12(14(15,16)17)10(5-11)6-18/h3-5,8H,7H2,1-2H3. The minimum atomic E-state index is -4.52. The molecule has 0 aliphatic carbocycles. The van der Waals surface area contributed by atoms with Crippen LogP contribution >= 0.6 is 11.3 Å². The maximum absolute atomic E-state index is 12.8. The van der Waals surface area contributed by atoms with E-state index in [0.717, 1.165) is 16.6 Å². The van der Waals surface area contributed by atoms with Crippen LogP contribution in [0.3, 0.4) is 0 Å². The molecule has 2 aromatic rings. The van der Waals surface area contributed by atoms with E-state index in [1.54, 1.807) is 23.5 Å². The number of anilines is 1. The van der Waals surface area contributed by atoms with Gasteiger partial charge in [-0.3, -0.25) is 0 Å². The highest BCUT2D eigenvalue weighted by Gasteiger charge is 2.33. The molecule has 1 aromatic carbocycles. The second kappa shape index (κ2) is 5.74. The molecular weight excluding hydrogens is 299 g/mol. The fourth-order valence-corrected chi connectivity index (χ4v) is 2.72. The second-order valence-electron chi connectivity index (χ2n) is 4.56. The van der Waals surface area contributed by atoms with Crippen LogP contribution in [0.4, 0.5) is 18.9 Å². The summed E-state index contributed by atoms with van der Waals surface area (Å²) in [6.07, 6.45) is -4.52. The number of rotatable bonds is 3.